The summed E-state index contributed by atoms with van der Waals surface area (Å²) in [5.74, 6) is -2.34. The van der Waals surface area contributed by atoms with Crippen molar-refractivity contribution in [2.24, 2.45) is 0 Å². The van der Waals surface area contributed by atoms with Gasteiger partial charge in [-0.25, -0.2) is 4.98 Å². The number of phenolic OH excluding ortho intramolecular Hbond substituents is 1. The maximum atomic E-state index is 10.4. The van der Waals surface area contributed by atoms with Gasteiger partial charge in [-0.1, -0.05) is 0 Å². The second-order valence-electron chi connectivity index (χ2n) is 4.76. The Bertz CT molecular complexity index is 644. The van der Waals surface area contributed by atoms with Crippen LogP contribution >= 0.6 is 0 Å². The zero-order chi connectivity index (χ0) is 14.5. The van der Waals surface area contributed by atoms with E-state index >= 15 is 0 Å². The lowest BCUT2D eigenvalue weighted by Gasteiger charge is -2.23. The van der Waals surface area contributed by atoms with Crippen molar-refractivity contribution in [3.63, 3.8) is 0 Å². The highest BCUT2D eigenvalue weighted by Crippen LogP contribution is 2.37. The maximum Gasteiger partial charge on any atom is 0.256 e. The van der Waals surface area contributed by atoms with E-state index in [9.17, 15) is 20.4 Å². The van der Waals surface area contributed by atoms with E-state index < -0.39 is 30.7 Å². The smallest absolute Gasteiger partial charge is 0.256 e. The molecular formula is C12H14N2O6. The number of aromatic hydroxyl groups is 1. The fourth-order valence-electron chi connectivity index (χ4n) is 2.31. The highest BCUT2D eigenvalue weighted by Gasteiger charge is 2.56. The number of fused-ring (bicyclic) bond motifs is 1. The Labute approximate surface area is 112 Å². The van der Waals surface area contributed by atoms with Gasteiger partial charge in [-0.2, -0.15) is 0 Å². The molecule has 0 bridgehead atoms. The summed E-state index contributed by atoms with van der Waals surface area (Å²) in [7, 11) is 0. The lowest BCUT2D eigenvalue weighted by molar-refractivity contribution is -0.244. The van der Waals surface area contributed by atoms with Gasteiger partial charge in [0.25, 0.3) is 5.79 Å². The average Bonchev–Trinajstić information content (AvgIpc) is 2.94. The van der Waals surface area contributed by atoms with Crippen LogP contribution in [0.3, 0.4) is 0 Å². The first-order valence-electron chi connectivity index (χ1n) is 6.02. The number of nitrogens with one attached hydrogen (secondary N) is 1. The number of phenols is 1. The third kappa shape index (κ3) is 1.78. The number of aliphatic hydroxyl groups excluding tert-OH is 3. The molecule has 20 heavy (non-hydrogen) atoms. The minimum absolute atomic E-state index is 0.0147. The number of aromatic amines is 1. The Morgan fingerprint density at radius 1 is 1.35 bits per heavy atom. The minimum Gasteiger partial charge on any atom is -0.508 e. The van der Waals surface area contributed by atoms with E-state index in [0.717, 1.165) is 0 Å². The van der Waals surface area contributed by atoms with Crippen molar-refractivity contribution in [1.82, 2.24) is 9.97 Å². The molecule has 1 saturated heterocycles. The van der Waals surface area contributed by atoms with Gasteiger partial charge in [-0.3, -0.25) is 0 Å². The molecule has 1 aliphatic heterocycles. The number of hydrogen-bond donors (Lipinski definition) is 6. The van der Waals surface area contributed by atoms with E-state index in [1.807, 2.05) is 0 Å². The van der Waals surface area contributed by atoms with E-state index in [0.29, 0.717) is 11.0 Å². The zero-order valence-corrected chi connectivity index (χ0v) is 10.3. The van der Waals surface area contributed by atoms with Crippen molar-refractivity contribution >= 4 is 11.0 Å². The van der Waals surface area contributed by atoms with E-state index in [-0.39, 0.29) is 11.6 Å². The molecular weight excluding hydrogens is 268 g/mol. The summed E-state index contributed by atoms with van der Waals surface area (Å²) in [6, 6.07) is 4.35. The number of imidazole rings is 1. The number of rotatable bonds is 2. The van der Waals surface area contributed by atoms with E-state index in [1.54, 1.807) is 0 Å². The Balaban J connectivity index is 2.05. The van der Waals surface area contributed by atoms with Crippen LogP contribution in [0.5, 0.6) is 5.75 Å². The molecule has 1 aromatic carbocycles. The number of hydrogen-bond acceptors (Lipinski definition) is 7. The number of aromatic nitrogens is 2. The van der Waals surface area contributed by atoms with Gasteiger partial charge in [-0.05, 0) is 12.1 Å². The Morgan fingerprint density at radius 3 is 2.75 bits per heavy atom. The van der Waals surface area contributed by atoms with Crippen molar-refractivity contribution < 1.29 is 30.3 Å². The number of H-pyrrole nitrogens is 1. The van der Waals surface area contributed by atoms with Crippen LogP contribution in [0.2, 0.25) is 0 Å². The molecule has 1 aliphatic rings. The summed E-state index contributed by atoms with van der Waals surface area (Å²) in [4.78, 5) is 6.78. The Morgan fingerprint density at radius 2 is 2.10 bits per heavy atom. The van der Waals surface area contributed by atoms with Crippen molar-refractivity contribution in [2.45, 2.75) is 24.1 Å². The Hall–Kier alpha value is -1.71. The largest absolute Gasteiger partial charge is 0.508 e. The van der Waals surface area contributed by atoms with Gasteiger partial charge >= 0.3 is 0 Å². The average molecular weight is 282 g/mol. The third-order valence-electron chi connectivity index (χ3n) is 3.42. The van der Waals surface area contributed by atoms with Crippen molar-refractivity contribution in [3.8, 4) is 5.75 Å². The molecule has 2 aromatic rings. The van der Waals surface area contributed by atoms with Crippen LogP contribution in [-0.2, 0) is 10.5 Å². The molecule has 8 heteroatoms. The van der Waals surface area contributed by atoms with Crippen LogP contribution in [0.4, 0.5) is 0 Å². The summed E-state index contributed by atoms with van der Waals surface area (Å²) in [6.45, 7) is -0.554. The lowest BCUT2D eigenvalue weighted by Crippen LogP contribution is -2.41. The molecule has 1 aromatic heterocycles. The fourth-order valence-corrected chi connectivity index (χ4v) is 2.31. The summed E-state index contributed by atoms with van der Waals surface area (Å²) >= 11 is 0. The topological polar surface area (TPSA) is 139 Å². The molecule has 6 N–H and O–H groups in total. The standard InChI is InChI=1S/C12H14N2O6/c15-4-8-9(17)10(18)12(19,20-8)11-13-6-2-1-5(16)3-7(6)14-11/h1-3,8-10,15-19H,4H2,(H,13,14)/t8-,9-,10-,12?/m1/s1. The van der Waals surface area contributed by atoms with Crippen LogP contribution < -0.4 is 0 Å². The van der Waals surface area contributed by atoms with Crippen LogP contribution in [0, 0.1) is 0 Å². The van der Waals surface area contributed by atoms with Gasteiger partial charge in [0.2, 0.25) is 0 Å². The molecule has 0 aliphatic carbocycles. The molecule has 8 nitrogen and oxygen atoms in total. The van der Waals surface area contributed by atoms with Crippen LogP contribution in [-0.4, -0.2) is 60.4 Å². The summed E-state index contributed by atoms with van der Waals surface area (Å²) in [5, 5.41) is 48.4. The molecule has 1 fully saturated rings. The quantitative estimate of drug-likeness (QED) is 0.395. The van der Waals surface area contributed by atoms with E-state index in [1.165, 1.54) is 18.2 Å². The highest BCUT2D eigenvalue weighted by molar-refractivity contribution is 5.76. The summed E-state index contributed by atoms with van der Waals surface area (Å²) in [6.07, 6.45) is -4.21. The normalized spacial score (nSPS) is 33.9. The predicted octanol–water partition coefficient (Wildman–Crippen LogP) is -1.47. The zero-order valence-electron chi connectivity index (χ0n) is 10.3. The molecule has 0 radical (unpaired) electrons. The summed E-state index contributed by atoms with van der Waals surface area (Å²) < 4.78 is 5.12. The van der Waals surface area contributed by atoms with E-state index in [4.69, 9.17) is 9.84 Å². The molecule has 108 valence electrons. The summed E-state index contributed by atoms with van der Waals surface area (Å²) in [5.41, 5.74) is 0.884. The number of ether oxygens (including phenoxy) is 1. The molecule has 0 amide bonds. The van der Waals surface area contributed by atoms with E-state index in [2.05, 4.69) is 9.97 Å². The van der Waals surface area contributed by atoms with Crippen molar-refractivity contribution in [3.05, 3.63) is 24.0 Å². The number of nitrogens with zero attached hydrogens (tertiary/aromatic N) is 1. The van der Waals surface area contributed by atoms with Crippen LogP contribution in [0.25, 0.3) is 11.0 Å². The van der Waals surface area contributed by atoms with Gasteiger partial charge in [0.05, 0.1) is 17.6 Å². The molecule has 1 unspecified atom stereocenters. The minimum atomic E-state index is -2.25. The fraction of sp³-hybridized carbons (Fsp3) is 0.417. The first kappa shape index (κ1) is 13.3. The highest BCUT2D eigenvalue weighted by atomic mass is 16.7. The molecule has 2 heterocycles. The van der Waals surface area contributed by atoms with Gasteiger partial charge < -0.3 is 35.3 Å². The SMILES string of the molecule is OC[C@H]1OC(O)(c2nc3ccc(O)cc3[nH]2)[C@H](O)[C@@H]1O. The molecule has 0 saturated carbocycles. The number of benzene rings is 1. The Kier molecular flexibility index (Phi) is 2.92. The third-order valence-corrected chi connectivity index (χ3v) is 3.42. The predicted molar refractivity (Wildman–Crippen MR) is 65.6 cm³/mol. The van der Waals surface area contributed by atoms with Gasteiger partial charge in [-0.15, -0.1) is 0 Å². The molecule has 4 atom stereocenters. The first-order valence-corrected chi connectivity index (χ1v) is 6.02. The van der Waals surface area contributed by atoms with Crippen molar-refractivity contribution in [1.29, 1.82) is 0 Å². The molecule has 0 spiro atoms. The molecule has 3 rings (SSSR count). The maximum absolute atomic E-state index is 10.4. The van der Waals surface area contributed by atoms with Gasteiger partial charge in [0.1, 0.15) is 24.1 Å². The first-order chi connectivity index (χ1) is 9.45. The monoisotopic (exact) mass is 282 g/mol. The van der Waals surface area contributed by atoms with Crippen LogP contribution in [0.15, 0.2) is 18.2 Å². The lowest BCUT2D eigenvalue weighted by atomic mass is 10.1. The van der Waals surface area contributed by atoms with Gasteiger partial charge in [0, 0.05) is 6.07 Å². The second kappa shape index (κ2) is 4.40. The number of aliphatic hydroxyl groups is 4. The van der Waals surface area contributed by atoms with Gasteiger partial charge in [0.15, 0.2) is 5.82 Å². The van der Waals surface area contributed by atoms with Crippen molar-refractivity contribution in [2.75, 3.05) is 6.61 Å². The van der Waals surface area contributed by atoms with Crippen LogP contribution in [0.1, 0.15) is 5.82 Å². The second-order valence-corrected chi connectivity index (χ2v) is 4.76.